The second kappa shape index (κ2) is 5.12. The van der Waals surface area contributed by atoms with Gasteiger partial charge >= 0.3 is 0 Å². The van der Waals surface area contributed by atoms with Gasteiger partial charge in [-0.1, -0.05) is 0 Å². The molecule has 0 spiro atoms. The molecule has 1 heterocycles. The lowest BCUT2D eigenvalue weighted by Gasteiger charge is -2.22. The van der Waals surface area contributed by atoms with Crippen molar-refractivity contribution < 1.29 is 5.11 Å². The second-order valence-corrected chi connectivity index (χ2v) is 3.83. The summed E-state index contributed by atoms with van der Waals surface area (Å²) in [5.74, 6) is 0. The van der Waals surface area contributed by atoms with E-state index >= 15 is 0 Å². The third-order valence-corrected chi connectivity index (χ3v) is 2.29. The quantitative estimate of drug-likeness (QED) is 0.728. The molecule has 0 saturated heterocycles. The van der Waals surface area contributed by atoms with E-state index in [1.165, 1.54) is 0 Å². The highest BCUT2D eigenvalue weighted by Gasteiger charge is 2.11. The summed E-state index contributed by atoms with van der Waals surface area (Å²) in [6, 6.07) is 2.32. The molecule has 2 N–H and O–H groups in total. The van der Waals surface area contributed by atoms with Crippen molar-refractivity contribution in [3.8, 4) is 0 Å². The van der Waals surface area contributed by atoms with Crippen LogP contribution in [0.4, 0.5) is 0 Å². The highest BCUT2D eigenvalue weighted by Crippen LogP contribution is 1.96. The summed E-state index contributed by atoms with van der Waals surface area (Å²) in [4.78, 5) is 0. The lowest BCUT2D eigenvalue weighted by atomic mass is 10.2. The highest BCUT2D eigenvalue weighted by molar-refractivity contribution is 4.80. The first-order chi connectivity index (χ1) is 6.59. The number of hydrogen-bond donors (Lipinski definition) is 2. The molecule has 4 nitrogen and oxygen atoms in total. The molecule has 1 aromatic heterocycles. The predicted molar refractivity (Wildman–Crippen MR) is 56.0 cm³/mol. The van der Waals surface area contributed by atoms with Crippen molar-refractivity contribution in [2.45, 2.75) is 45.5 Å². The van der Waals surface area contributed by atoms with Crippen LogP contribution in [0, 0.1) is 0 Å². The van der Waals surface area contributed by atoms with E-state index in [9.17, 15) is 5.11 Å². The van der Waals surface area contributed by atoms with E-state index in [1.54, 1.807) is 13.1 Å². The van der Waals surface area contributed by atoms with Gasteiger partial charge in [-0.15, -0.1) is 0 Å². The van der Waals surface area contributed by atoms with Gasteiger partial charge in [0, 0.05) is 24.5 Å². The summed E-state index contributed by atoms with van der Waals surface area (Å²) in [6.45, 7) is 6.67. The van der Waals surface area contributed by atoms with E-state index < -0.39 is 0 Å². The van der Waals surface area contributed by atoms with E-state index in [1.807, 2.05) is 23.9 Å². The van der Waals surface area contributed by atoms with Crippen molar-refractivity contribution in [2.24, 2.45) is 0 Å². The lowest BCUT2D eigenvalue weighted by Crippen LogP contribution is -2.42. The Hall–Kier alpha value is -0.870. The van der Waals surface area contributed by atoms with E-state index in [0.29, 0.717) is 6.04 Å². The van der Waals surface area contributed by atoms with Gasteiger partial charge in [-0.25, -0.2) is 0 Å². The fraction of sp³-hybridized carbons (Fsp3) is 0.700. The largest absolute Gasteiger partial charge is 0.392 e. The molecule has 4 heteroatoms. The first-order valence-corrected chi connectivity index (χ1v) is 5.01. The monoisotopic (exact) mass is 197 g/mol. The molecule has 0 radical (unpaired) electrons. The number of hydrogen-bond acceptors (Lipinski definition) is 3. The molecule has 0 aromatic carbocycles. The Labute approximate surface area is 84.9 Å². The zero-order valence-electron chi connectivity index (χ0n) is 9.01. The van der Waals surface area contributed by atoms with Crippen LogP contribution in [-0.2, 0) is 6.54 Å². The fourth-order valence-electron chi connectivity index (χ4n) is 1.33. The van der Waals surface area contributed by atoms with Crippen LogP contribution in [0.5, 0.6) is 0 Å². The van der Waals surface area contributed by atoms with Crippen LogP contribution in [0.2, 0.25) is 0 Å². The first-order valence-electron chi connectivity index (χ1n) is 5.01. The van der Waals surface area contributed by atoms with E-state index in [2.05, 4.69) is 17.3 Å². The zero-order chi connectivity index (χ0) is 10.6. The van der Waals surface area contributed by atoms with Gasteiger partial charge in [-0.3, -0.25) is 4.68 Å². The number of nitrogens with zero attached hydrogens (tertiary/aromatic N) is 2. The molecule has 0 saturated carbocycles. The van der Waals surface area contributed by atoms with Gasteiger partial charge < -0.3 is 10.4 Å². The minimum absolute atomic E-state index is 0.112. The van der Waals surface area contributed by atoms with Crippen molar-refractivity contribution >= 4 is 0 Å². The van der Waals surface area contributed by atoms with Gasteiger partial charge in [0.2, 0.25) is 0 Å². The predicted octanol–water partition coefficient (Wildman–Crippen LogP) is 0.630. The zero-order valence-corrected chi connectivity index (χ0v) is 9.01. The van der Waals surface area contributed by atoms with Crippen LogP contribution < -0.4 is 5.32 Å². The SMILES string of the molecule is CC(Cn1cccn1)NC(C)C(C)O. The molecule has 0 amide bonds. The van der Waals surface area contributed by atoms with Gasteiger partial charge in [-0.05, 0) is 26.8 Å². The summed E-state index contributed by atoms with van der Waals surface area (Å²) in [7, 11) is 0. The second-order valence-electron chi connectivity index (χ2n) is 3.83. The Balaban J connectivity index is 2.32. The van der Waals surface area contributed by atoms with E-state index in [-0.39, 0.29) is 12.1 Å². The van der Waals surface area contributed by atoms with Crippen molar-refractivity contribution in [1.82, 2.24) is 15.1 Å². The summed E-state index contributed by atoms with van der Waals surface area (Å²) in [6.07, 6.45) is 3.38. The van der Waals surface area contributed by atoms with Gasteiger partial charge in [0.05, 0.1) is 12.6 Å². The van der Waals surface area contributed by atoms with Gasteiger partial charge in [0.15, 0.2) is 0 Å². The molecular formula is C10H19N3O. The van der Waals surface area contributed by atoms with Crippen LogP contribution in [-0.4, -0.2) is 33.1 Å². The molecule has 0 aliphatic rings. The third kappa shape index (κ3) is 3.47. The molecule has 0 bridgehead atoms. The number of aliphatic hydroxyl groups is 1. The normalized spacial score (nSPS) is 17.7. The van der Waals surface area contributed by atoms with Crippen molar-refractivity contribution in [2.75, 3.05) is 0 Å². The third-order valence-electron chi connectivity index (χ3n) is 2.29. The van der Waals surface area contributed by atoms with Crippen molar-refractivity contribution in [1.29, 1.82) is 0 Å². The Morgan fingerprint density at radius 3 is 2.64 bits per heavy atom. The molecule has 14 heavy (non-hydrogen) atoms. The van der Waals surface area contributed by atoms with E-state index in [4.69, 9.17) is 0 Å². The van der Waals surface area contributed by atoms with Crippen molar-refractivity contribution in [3.05, 3.63) is 18.5 Å². The van der Waals surface area contributed by atoms with Crippen LogP contribution in [0.3, 0.4) is 0 Å². The summed E-state index contributed by atoms with van der Waals surface area (Å²) in [5, 5.41) is 16.7. The molecule has 0 aliphatic heterocycles. The number of aromatic nitrogens is 2. The molecular weight excluding hydrogens is 178 g/mol. The summed E-state index contributed by atoms with van der Waals surface area (Å²) < 4.78 is 1.88. The Bertz CT molecular complexity index is 246. The van der Waals surface area contributed by atoms with Crippen LogP contribution in [0.1, 0.15) is 20.8 Å². The molecule has 0 aliphatic carbocycles. The lowest BCUT2D eigenvalue weighted by molar-refractivity contribution is 0.145. The Morgan fingerprint density at radius 2 is 2.14 bits per heavy atom. The fourth-order valence-corrected chi connectivity index (χ4v) is 1.33. The average molecular weight is 197 g/mol. The van der Waals surface area contributed by atoms with Crippen LogP contribution in [0.25, 0.3) is 0 Å². The molecule has 3 unspecified atom stereocenters. The number of nitrogens with one attached hydrogen (secondary N) is 1. The highest BCUT2D eigenvalue weighted by atomic mass is 16.3. The minimum Gasteiger partial charge on any atom is -0.392 e. The molecule has 80 valence electrons. The van der Waals surface area contributed by atoms with Crippen LogP contribution >= 0.6 is 0 Å². The van der Waals surface area contributed by atoms with Crippen molar-refractivity contribution in [3.63, 3.8) is 0 Å². The molecule has 0 fully saturated rings. The van der Waals surface area contributed by atoms with E-state index in [0.717, 1.165) is 6.54 Å². The molecule has 1 aromatic rings. The maximum Gasteiger partial charge on any atom is 0.0662 e. The molecule has 3 atom stereocenters. The summed E-state index contributed by atoms with van der Waals surface area (Å²) >= 11 is 0. The standard InChI is InChI=1S/C10H19N3O/c1-8(12-9(2)10(3)14)7-13-6-4-5-11-13/h4-6,8-10,12,14H,7H2,1-3H3. The Morgan fingerprint density at radius 1 is 1.43 bits per heavy atom. The first kappa shape index (κ1) is 11.2. The smallest absolute Gasteiger partial charge is 0.0662 e. The van der Waals surface area contributed by atoms with Gasteiger partial charge in [0.1, 0.15) is 0 Å². The van der Waals surface area contributed by atoms with Crippen LogP contribution in [0.15, 0.2) is 18.5 Å². The minimum atomic E-state index is -0.324. The maximum absolute atomic E-state index is 9.31. The number of aliphatic hydroxyl groups excluding tert-OH is 1. The Kier molecular flexibility index (Phi) is 4.10. The molecule has 1 rings (SSSR count). The van der Waals surface area contributed by atoms with Gasteiger partial charge in [-0.2, -0.15) is 5.10 Å². The number of rotatable bonds is 5. The summed E-state index contributed by atoms with van der Waals surface area (Å²) in [5.41, 5.74) is 0. The topological polar surface area (TPSA) is 50.1 Å². The maximum atomic E-state index is 9.31. The van der Waals surface area contributed by atoms with Gasteiger partial charge in [0.25, 0.3) is 0 Å². The average Bonchev–Trinajstić information content (AvgIpc) is 2.56.